The third-order valence-corrected chi connectivity index (χ3v) is 3.11. The zero-order chi connectivity index (χ0) is 8.77. The van der Waals surface area contributed by atoms with Gasteiger partial charge in [-0.1, -0.05) is 0 Å². The highest BCUT2D eigenvalue weighted by atomic mass is 19.3. The topological polar surface area (TPSA) is 26.0 Å². The van der Waals surface area contributed by atoms with Crippen molar-refractivity contribution >= 4 is 0 Å². The van der Waals surface area contributed by atoms with Crippen LogP contribution >= 0.6 is 0 Å². The standard InChI is InChI=1S/C9H15F2N/c10-9(11)4-6-1-7(5-9)3-8(12)2-6/h6-8H,1-5,12H2. The van der Waals surface area contributed by atoms with Crippen molar-refractivity contribution in [1.29, 1.82) is 0 Å². The number of hydrogen-bond donors (Lipinski definition) is 1. The summed E-state index contributed by atoms with van der Waals surface area (Å²) >= 11 is 0. The second-order valence-electron chi connectivity index (χ2n) is 4.46. The maximum atomic E-state index is 13.0. The molecular weight excluding hydrogens is 160 g/mol. The van der Waals surface area contributed by atoms with Crippen LogP contribution in [0.5, 0.6) is 0 Å². The van der Waals surface area contributed by atoms with Crippen LogP contribution in [0, 0.1) is 11.8 Å². The van der Waals surface area contributed by atoms with E-state index in [1.165, 1.54) is 0 Å². The molecule has 0 heterocycles. The second-order valence-corrected chi connectivity index (χ2v) is 4.46. The van der Waals surface area contributed by atoms with Crippen molar-refractivity contribution in [3.8, 4) is 0 Å². The molecule has 0 spiro atoms. The Bertz CT molecular complexity index is 161. The lowest BCUT2D eigenvalue weighted by atomic mass is 9.69. The molecule has 2 saturated carbocycles. The van der Waals surface area contributed by atoms with Gasteiger partial charge in [0.2, 0.25) is 5.92 Å². The van der Waals surface area contributed by atoms with Crippen LogP contribution in [0.3, 0.4) is 0 Å². The summed E-state index contributed by atoms with van der Waals surface area (Å²) in [4.78, 5) is 0. The summed E-state index contributed by atoms with van der Waals surface area (Å²) in [6, 6.07) is 0.185. The van der Waals surface area contributed by atoms with Gasteiger partial charge in [-0.3, -0.25) is 0 Å². The Labute approximate surface area is 71.3 Å². The number of rotatable bonds is 0. The van der Waals surface area contributed by atoms with Gasteiger partial charge < -0.3 is 5.73 Å². The van der Waals surface area contributed by atoms with Gasteiger partial charge in [-0.05, 0) is 31.1 Å². The van der Waals surface area contributed by atoms with Crippen molar-refractivity contribution in [1.82, 2.24) is 0 Å². The molecule has 0 aromatic heterocycles. The average molecular weight is 175 g/mol. The van der Waals surface area contributed by atoms with Gasteiger partial charge in [0, 0.05) is 18.9 Å². The second kappa shape index (κ2) is 2.66. The molecule has 0 aliphatic heterocycles. The predicted octanol–water partition coefficient (Wildman–Crippen LogP) is 2.16. The smallest absolute Gasteiger partial charge is 0.248 e. The van der Waals surface area contributed by atoms with Crippen LogP contribution < -0.4 is 5.73 Å². The summed E-state index contributed by atoms with van der Waals surface area (Å²) in [6.45, 7) is 0. The molecule has 2 N–H and O–H groups in total. The molecule has 0 radical (unpaired) electrons. The third-order valence-electron chi connectivity index (χ3n) is 3.11. The number of fused-ring (bicyclic) bond motifs is 2. The highest BCUT2D eigenvalue weighted by molar-refractivity contribution is 4.91. The largest absolute Gasteiger partial charge is 0.328 e. The van der Waals surface area contributed by atoms with E-state index in [9.17, 15) is 8.78 Å². The maximum absolute atomic E-state index is 13.0. The number of halogens is 2. The van der Waals surface area contributed by atoms with Crippen LogP contribution in [0.4, 0.5) is 8.78 Å². The van der Waals surface area contributed by atoms with Crippen LogP contribution in [0.25, 0.3) is 0 Å². The molecule has 0 aromatic carbocycles. The number of hydrogen-bond acceptors (Lipinski definition) is 1. The highest BCUT2D eigenvalue weighted by Gasteiger charge is 2.44. The molecule has 2 aliphatic carbocycles. The molecule has 2 rings (SSSR count). The summed E-state index contributed by atoms with van der Waals surface area (Å²) in [7, 11) is 0. The van der Waals surface area contributed by atoms with Crippen molar-refractivity contribution in [3.05, 3.63) is 0 Å². The lowest BCUT2D eigenvalue weighted by Gasteiger charge is -2.41. The molecule has 0 amide bonds. The molecule has 0 aromatic rings. The molecule has 2 atom stereocenters. The van der Waals surface area contributed by atoms with Gasteiger partial charge in [0.25, 0.3) is 0 Å². The van der Waals surface area contributed by atoms with E-state index in [2.05, 4.69) is 0 Å². The van der Waals surface area contributed by atoms with E-state index in [-0.39, 0.29) is 30.7 Å². The molecule has 2 unspecified atom stereocenters. The Hall–Kier alpha value is -0.180. The van der Waals surface area contributed by atoms with Crippen molar-refractivity contribution in [2.75, 3.05) is 0 Å². The van der Waals surface area contributed by atoms with Crippen LogP contribution in [0.2, 0.25) is 0 Å². The molecular formula is C9H15F2N. The highest BCUT2D eigenvalue weighted by Crippen LogP contribution is 2.46. The van der Waals surface area contributed by atoms with Crippen LogP contribution in [-0.2, 0) is 0 Å². The lowest BCUT2D eigenvalue weighted by Crippen LogP contribution is -2.41. The van der Waals surface area contributed by atoms with Crippen molar-refractivity contribution < 1.29 is 8.78 Å². The van der Waals surface area contributed by atoms with Crippen molar-refractivity contribution in [2.24, 2.45) is 17.6 Å². The minimum atomic E-state index is -2.40. The van der Waals surface area contributed by atoms with Gasteiger partial charge >= 0.3 is 0 Å². The van der Waals surface area contributed by atoms with Gasteiger partial charge in [-0.2, -0.15) is 0 Å². The Morgan fingerprint density at radius 3 is 2.00 bits per heavy atom. The first-order valence-electron chi connectivity index (χ1n) is 4.68. The van der Waals surface area contributed by atoms with Gasteiger partial charge in [-0.25, -0.2) is 8.78 Å². The van der Waals surface area contributed by atoms with Crippen molar-refractivity contribution in [3.63, 3.8) is 0 Å². The Balaban J connectivity index is 2.06. The predicted molar refractivity (Wildman–Crippen MR) is 43.0 cm³/mol. The van der Waals surface area contributed by atoms with Gasteiger partial charge in [0.15, 0.2) is 0 Å². The summed E-state index contributed by atoms with van der Waals surface area (Å²) in [5, 5.41) is 0. The van der Waals surface area contributed by atoms with E-state index in [1.54, 1.807) is 0 Å². The molecule has 1 nitrogen and oxygen atoms in total. The fraction of sp³-hybridized carbons (Fsp3) is 1.00. The number of nitrogens with two attached hydrogens (primary N) is 1. The zero-order valence-corrected chi connectivity index (χ0v) is 7.10. The maximum Gasteiger partial charge on any atom is 0.248 e. The summed E-state index contributed by atoms with van der Waals surface area (Å²) < 4.78 is 26.0. The molecule has 2 aliphatic rings. The van der Waals surface area contributed by atoms with Crippen LogP contribution in [-0.4, -0.2) is 12.0 Å². The fourth-order valence-corrected chi connectivity index (χ4v) is 2.88. The zero-order valence-electron chi connectivity index (χ0n) is 7.10. The normalized spacial score (nSPS) is 45.8. The molecule has 0 saturated heterocycles. The minimum absolute atomic E-state index is 0.0806. The van der Waals surface area contributed by atoms with Crippen LogP contribution in [0.15, 0.2) is 0 Å². The van der Waals surface area contributed by atoms with Crippen molar-refractivity contribution in [2.45, 2.75) is 44.1 Å². The monoisotopic (exact) mass is 175 g/mol. The average Bonchev–Trinajstić information content (AvgIpc) is 1.78. The molecule has 2 bridgehead atoms. The first kappa shape index (κ1) is 8.42. The Morgan fingerprint density at radius 2 is 1.50 bits per heavy atom. The molecule has 2 fully saturated rings. The summed E-state index contributed by atoms with van der Waals surface area (Å²) in [5.41, 5.74) is 5.77. The fourth-order valence-electron chi connectivity index (χ4n) is 2.88. The molecule has 12 heavy (non-hydrogen) atoms. The number of alkyl halides is 2. The van der Waals surface area contributed by atoms with Gasteiger partial charge in [0.1, 0.15) is 0 Å². The van der Waals surface area contributed by atoms with Crippen LogP contribution in [0.1, 0.15) is 32.1 Å². The van der Waals surface area contributed by atoms with E-state index < -0.39 is 5.92 Å². The Kier molecular flexibility index (Phi) is 1.86. The third kappa shape index (κ3) is 1.60. The van der Waals surface area contributed by atoms with E-state index >= 15 is 0 Å². The van der Waals surface area contributed by atoms with E-state index in [4.69, 9.17) is 5.73 Å². The first-order chi connectivity index (χ1) is 5.55. The summed E-state index contributed by atoms with van der Waals surface area (Å²) in [6.07, 6.45) is 2.77. The van der Waals surface area contributed by atoms with E-state index in [0.717, 1.165) is 19.3 Å². The lowest BCUT2D eigenvalue weighted by molar-refractivity contribution is -0.0863. The summed E-state index contributed by atoms with van der Waals surface area (Å²) in [5.74, 6) is -2.00. The molecule has 70 valence electrons. The van der Waals surface area contributed by atoms with Gasteiger partial charge in [0.05, 0.1) is 0 Å². The van der Waals surface area contributed by atoms with Gasteiger partial charge in [-0.15, -0.1) is 0 Å². The molecule has 3 heteroatoms. The quantitative estimate of drug-likeness (QED) is 0.600. The van der Waals surface area contributed by atoms with E-state index in [0.29, 0.717) is 0 Å². The minimum Gasteiger partial charge on any atom is -0.328 e. The Morgan fingerprint density at radius 1 is 1.00 bits per heavy atom. The first-order valence-corrected chi connectivity index (χ1v) is 4.68. The SMILES string of the molecule is NC1CC2CC(C1)CC(F)(F)C2. The van der Waals surface area contributed by atoms with E-state index in [1.807, 2.05) is 0 Å².